The van der Waals surface area contributed by atoms with Crippen molar-refractivity contribution in [2.75, 3.05) is 7.11 Å². The second kappa shape index (κ2) is 4.33. The number of carboxylic acid groups (broad SMARTS) is 1. The summed E-state index contributed by atoms with van der Waals surface area (Å²) < 4.78 is 10.2. The van der Waals surface area contributed by atoms with Crippen LogP contribution in [0.4, 0.5) is 0 Å². The summed E-state index contributed by atoms with van der Waals surface area (Å²) in [5, 5.41) is 8.96. The third kappa shape index (κ3) is 1.60. The van der Waals surface area contributed by atoms with Gasteiger partial charge in [0.1, 0.15) is 6.10 Å². The number of hydrogen-bond acceptors (Lipinski definition) is 5. The Morgan fingerprint density at radius 3 is 2.75 bits per heavy atom. The molecule has 3 fully saturated rings. The molecule has 1 heterocycles. The molecule has 1 N–H and O–H groups in total. The van der Waals surface area contributed by atoms with E-state index in [0.717, 1.165) is 6.42 Å². The summed E-state index contributed by atoms with van der Waals surface area (Å²) in [4.78, 5) is 34.8. The zero-order valence-electron chi connectivity index (χ0n) is 11.1. The van der Waals surface area contributed by atoms with E-state index in [1.54, 1.807) is 0 Å². The van der Waals surface area contributed by atoms with Crippen LogP contribution in [0.2, 0.25) is 0 Å². The van der Waals surface area contributed by atoms with Crippen molar-refractivity contribution in [3.63, 3.8) is 0 Å². The van der Waals surface area contributed by atoms with Gasteiger partial charge in [0.15, 0.2) is 0 Å². The van der Waals surface area contributed by atoms with Crippen LogP contribution in [0.1, 0.15) is 12.8 Å². The van der Waals surface area contributed by atoms with E-state index < -0.39 is 23.8 Å². The maximum absolute atomic E-state index is 11.9. The average Bonchev–Trinajstić information content (AvgIpc) is 3.00. The van der Waals surface area contributed by atoms with Gasteiger partial charge in [0.25, 0.3) is 0 Å². The normalized spacial score (nSPS) is 40.5. The van der Waals surface area contributed by atoms with Crippen LogP contribution in [0.3, 0.4) is 0 Å². The summed E-state index contributed by atoms with van der Waals surface area (Å²) in [6.07, 6.45) is 0.696. The maximum Gasteiger partial charge on any atom is 0.330 e. The Morgan fingerprint density at radius 2 is 2.15 bits per heavy atom. The highest BCUT2D eigenvalue weighted by Gasteiger charge is 2.68. The molecule has 3 aliphatic rings. The second-order valence-electron chi connectivity index (χ2n) is 5.82. The van der Waals surface area contributed by atoms with Crippen molar-refractivity contribution in [3.05, 3.63) is 12.2 Å². The number of esters is 2. The molecule has 3 rings (SSSR count). The summed E-state index contributed by atoms with van der Waals surface area (Å²) in [5.41, 5.74) is 0.0886. The van der Waals surface area contributed by atoms with Gasteiger partial charge < -0.3 is 14.6 Å². The molecule has 0 aromatic heterocycles. The van der Waals surface area contributed by atoms with Gasteiger partial charge in [-0.2, -0.15) is 0 Å². The Morgan fingerprint density at radius 1 is 1.45 bits per heavy atom. The second-order valence-corrected chi connectivity index (χ2v) is 5.82. The predicted molar refractivity (Wildman–Crippen MR) is 65.4 cm³/mol. The van der Waals surface area contributed by atoms with Gasteiger partial charge in [-0.05, 0) is 18.8 Å². The fourth-order valence-corrected chi connectivity index (χ4v) is 4.29. The summed E-state index contributed by atoms with van der Waals surface area (Å²) in [6.45, 7) is 3.54. The van der Waals surface area contributed by atoms with Crippen molar-refractivity contribution in [2.45, 2.75) is 18.9 Å². The highest BCUT2D eigenvalue weighted by atomic mass is 16.6. The molecule has 2 saturated carbocycles. The number of ether oxygens (including phenoxy) is 2. The van der Waals surface area contributed by atoms with Gasteiger partial charge in [-0.15, -0.1) is 0 Å². The smallest absolute Gasteiger partial charge is 0.330 e. The molecule has 108 valence electrons. The third-order valence-electron chi connectivity index (χ3n) is 5.03. The first-order valence-corrected chi connectivity index (χ1v) is 6.65. The zero-order chi connectivity index (χ0) is 14.6. The van der Waals surface area contributed by atoms with Crippen molar-refractivity contribution in [1.82, 2.24) is 0 Å². The zero-order valence-corrected chi connectivity index (χ0v) is 11.1. The van der Waals surface area contributed by atoms with E-state index in [0.29, 0.717) is 0 Å². The van der Waals surface area contributed by atoms with E-state index in [2.05, 4.69) is 6.58 Å². The molecule has 0 aromatic carbocycles. The molecule has 0 aromatic rings. The van der Waals surface area contributed by atoms with Gasteiger partial charge in [0.2, 0.25) is 0 Å². The van der Waals surface area contributed by atoms with Crippen LogP contribution in [-0.4, -0.2) is 36.2 Å². The van der Waals surface area contributed by atoms with Crippen LogP contribution in [0.25, 0.3) is 0 Å². The van der Waals surface area contributed by atoms with E-state index >= 15 is 0 Å². The largest absolute Gasteiger partial charge is 0.478 e. The lowest BCUT2D eigenvalue weighted by Gasteiger charge is -2.30. The first kappa shape index (κ1) is 13.1. The van der Waals surface area contributed by atoms with Gasteiger partial charge >= 0.3 is 17.9 Å². The number of carbonyl (C=O) groups is 3. The molecular weight excluding hydrogens is 264 g/mol. The van der Waals surface area contributed by atoms with Crippen molar-refractivity contribution in [1.29, 1.82) is 0 Å². The number of aliphatic carboxylic acids is 1. The van der Waals surface area contributed by atoms with E-state index in [-0.39, 0.29) is 41.8 Å². The monoisotopic (exact) mass is 280 g/mol. The number of rotatable bonds is 4. The predicted octanol–water partition coefficient (Wildman–Crippen LogP) is 0.614. The van der Waals surface area contributed by atoms with E-state index in [4.69, 9.17) is 14.6 Å². The Kier molecular flexibility index (Phi) is 2.84. The topological polar surface area (TPSA) is 89.9 Å². The summed E-state index contributed by atoms with van der Waals surface area (Å²) in [6, 6.07) is 0. The van der Waals surface area contributed by atoms with E-state index in [1.165, 1.54) is 7.11 Å². The lowest BCUT2D eigenvalue weighted by Crippen LogP contribution is -2.38. The van der Waals surface area contributed by atoms with Gasteiger partial charge in [0.05, 0.1) is 18.9 Å². The maximum atomic E-state index is 11.9. The molecule has 1 saturated heterocycles. The van der Waals surface area contributed by atoms with Crippen LogP contribution >= 0.6 is 0 Å². The Labute approximate surface area is 115 Å². The number of fused-ring (bicyclic) bond motifs is 1. The molecular formula is C14H16O6. The minimum Gasteiger partial charge on any atom is -0.478 e. The molecule has 6 unspecified atom stereocenters. The molecule has 20 heavy (non-hydrogen) atoms. The molecule has 6 atom stereocenters. The first-order chi connectivity index (χ1) is 9.45. The van der Waals surface area contributed by atoms with Crippen LogP contribution in [0.15, 0.2) is 12.2 Å². The van der Waals surface area contributed by atoms with E-state index in [1.807, 2.05) is 0 Å². The molecule has 0 spiro atoms. The van der Waals surface area contributed by atoms with Crippen LogP contribution in [-0.2, 0) is 23.9 Å². The van der Waals surface area contributed by atoms with Crippen LogP contribution in [0, 0.1) is 29.6 Å². The highest BCUT2D eigenvalue weighted by Crippen LogP contribution is 2.61. The average molecular weight is 280 g/mol. The number of carbonyl (C=O) groups excluding carboxylic acids is 2. The standard InChI is InChI=1S/C14H16O6/c1-5(12(15)16)3-7-6-4-8-10(9(6)13(17)19-2)14(18)20-11(7)8/h6-11H,1,3-4H2,2H3,(H,15,16). The van der Waals surface area contributed by atoms with Gasteiger partial charge in [-0.25, -0.2) is 4.79 Å². The summed E-state index contributed by atoms with van der Waals surface area (Å²) in [7, 11) is 1.30. The van der Waals surface area contributed by atoms with Crippen LogP contribution < -0.4 is 0 Å². The quantitative estimate of drug-likeness (QED) is 0.599. The van der Waals surface area contributed by atoms with Crippen molar-refractivity contribution in [2.24, 2.45) is 29.6 Å². The Balaban J connectivity index is 1.88. The molecule has 0 radical (unpaired) electrons. The number of carboxylic acids is 1. The number of methoxy groups -OCH3 is 1. The lowest BCUT2D eigenvalue weighted by molar-refractivity contribution is -0.153. The fraction of sp³-hybridized carbons (Fsp3) is 0.643. The van der Waals surface area contributed by atoms with Crippen molar-refractivity contribution >= 4 is 17.9 Å². The van der Waals surface area contributed by atoms with Gasteiger partial charge in [0, 0.05) is 17.4 Å². The fourth-order valence-electron chi connectivity index (χ4n) is 4.29. The molecule has 2 aliphatic carbocycles. The van der Waals surface area contributed by atoms with Crippen molar-refractivity contribution < 1.29 is 29.0 Å². The lowest BCUT2D eigenvalue weighted by atomic mass is 9.72. The molecule has 2 bridgehead atoms. The molecule has 6 heteroatoms. The molecule has 6 nitrogen and oxygen atoms in total. The van der Waals surface area contributed by atoms with Crippen molar-refractivity contribution in [3.8, 4) is 0 Å². The summed E-state index contributed by atoms with van der Waals surface area (Å²) >= 11 is 0. The van der Waals surface area contributed by atoms with E-state index in [9.17, 15) is 14.4 Å². The minimum atomic E-state index is -1.05. The SMILES string of the molecule is C=C(CC1C2CC3C1OC(=O)C3C2C(=O)OC)C(=O)O. The highest BCUT2D eigenvalue weighted by molar-refractivity contribution is 5.87. The first-order valence-electron chi connectivity index (χ1n) is 6.65. The molecule has 0 amide bonds. The van der Waals surface area contributed by atoms with Gasteiger partial charge in [-0.3, -0.25) is 9.59 Å². The summed E-state index contributed by atoms with van der Waals surface area (Å²) in [5.74, 6) is -2.88. The molecule has 1 aliphatic heterocycles. The van der Waals surface area contributed by atoms with Gasteiger partial charge in [-0.1, -0.05) is 6.58 Å². The third-order valence-corrected chi connectivity index (χ3v) is 5.03. The minimum absolute atomic E-state index is 0.0168. The number of hydrogen-bond donors (Lipinski definition) is 1. The van der Waals surface area contributed by atoms with Crippen LogP contribution in [0.5, 0.6) is 0 Å². The Hall–Kier alpha value is -1.85. The Bertz CT molecular complexity index is 510.